The maximum Gasteiger partial charge on any atom is 0.471 e. The molecule has 1 aliphatic carbocycles. The highest BCUT2D eigenvalue weighted by Gasteiger charge is 2.55. The first kappa shape index (κ1) is 13.8. The second kappa shape index (κ2) is 3.89. The summed E-state index contributed by atoms with van der Waals surface area (Å²) < 4.78 is 35.8. The summed E-state index contributed by atoms with van der Waals surface area (Å²) in [4.78, 5) is 21.6. The number of hydrogen-bond acceptors (Lipinski definition) is 2. The van der Waals surface area contributed by atoms with Gasteiger partial charge in [0.05, 0.1) is 5.41 Å². The Morgan fingerprint density at radius 2 is 1.76 bits per heavy atom. The maximum atomic E-state index is 11.9. The molecule has 0 saturated heterocycles. The molecule has 7 heteroatoms. The Morgan fingerprint density at radius 1 is 1.29 bits per heavy atom. The SMILES string of the molecule is CC1(C)CC(CNC(=O)C(F)(F)F)(C(=O)O)C1. The summed E-state index contributed by atoms with van der Waals surface area (Å²) in [6.45, 7) is 3.18. The van der Waals surface area contributed by atoms with Crippen LogP contribution >= 0.6 is 0 Å². The molecule has 1 saturated carbocycles. The van der Waals surface area contributed by atoms with Crippen molar-refractivity contribution in [3.63, 3.8) is 0 Å². The van der Waals surface area contributed by atoms with Crippen LogP contribution in [-0.2, 0) is 9.59 Å². The zero-order valence-corrected chi connectivity index (χ0v) is 9.52. The van der Waals surface area contributed by atoms with Crippen molar-refractivity contribution in [1.29, 1.82) is 0 Å². The van der Waals surface area contributed by atoms with Gasteiger partial charge < -0.3 is 10.4 Å². The Labute approximate surface area is 96.2 Å². The van der Waals surface area contributed by atoms with Crippen molar-refractivity contribution in [3.05, 3.63) is 0 Å². The zero-order chi connectivity index (χ0) is 13.5. The highest BCUT2D eigenvalue weighted by atomic mass is 19.4. The van der Waals surface area contributed by atoms with Gasteiger partial charge in [-0.05, 0) is 18.3 Å². The largest absolute Gasteiger partial charge is 0.481 e. The molecule has 17 heavy (non-hydrogen) atoms. The summed E-state index contributed by atoms with van der Waals surface area (Å²) >= 11 is 0. The van der Waals surface area contributed by atoms with Gasteiger partial charge in [0.1, 0.15) is 0 Å². The van der Waals surface area contributed by atoms with E-state index in [0.29, 0.717) is 0 Å². The number of aliphatic carboxylic acids is 1. The zero-order valence-electron chi connectivity index (χ0n) is 9.52. The van der Waals surface area contributed by atoms with Gasteiger partial charge in [0.2, 0.25) is 0 Å². The van der Waals surface area contributed by atoms with Crippen molar-refractivity contribution < 1.29 is 27.9 Å². The second-order valence-corrected chi connectivity index (χ2v) is 5.28. The van der Waals surface area contributed by atoms with Gasteiger partial charge in [0, 0.05) is 6.54 Å². The molecule has 4 nitrogen and oxygen atoms in total. The van der Waals surface area contributed by atoms with E-state index in [2.05, 4.69) is 0 Å². The Kier molecular flexibility index (Phi) is 3.15. The molecular weight excluding hydrogens is 239 g/mol. The number of rotatable bonds is 3. The van der Waals surface area contributed by atoms with Gasteiger partial charge in [-0.25, -0.2) is 0 Å². The molecule has 1 rings (SSSR count). The third-order valence-electron chi connectivity index (χ3n) is 2.93. The van der Waals surface area contributed by atoms with Crippen molar-refractivity contribution in [2.75, 3.05) is 6.54 Å². The molecule has 0 spiro atoms. The second-order valence-electron chi connectivity index (χ2n) is 5.28. The molecule has 0 aliphatic heterocycles. The molecule has 1 amide bonds. The van der Waals surface area contributed by atoms with Crippen molar-refractivity contribution in [1.82, 2.24) is 5.32 Å². The van der Waals surface area contributed by atoms with Gasteiger partial charge in [-0.15, -0.1) is 0 Å². The van der Waals surface area contributed by atoms with Crippen LogP contribution in [0.4, 0.5) is 13.2 Å². The third kappa shape index (κ3) is 2.89. The molecule has 0 aromatic carbocycles. The molecular formula is C10H14F3NO3. The molecule has 0 heterocycles. The lowest BCUT2D eigenvalue weighted by atomic mass is 9.54. The summed E-state index contributed by atoms with van der Waals surface area (Å²) in [7, 11) is 0. The Bertz CT molecular complexity index is 341. The van der Waals surface area contributed by atoms with Gasteiger partial charge in [0.25, 0.3) is 0 Å². The van der Waals surface area contributed by atoms with Gasteiger partial charge in [-0.2, -0.15) is 13.2 Å². The first-order chi connectivity index (χ1) is 7.49. The summed E-state index contributed by atoms with van der Waals surface area (Å²) in [5.74, 6) is -3.26. The quantitative estimate of drug-likeness (QED) is 0.802. The van der Waals surface area contributed by atoms with Crippen LogP contribution in [0.25, 0.3) is 0 Å². The molecule has 2 N–H and O–H groups in total. The van der Waals surface area contributed by atoms with Crippen LogP contribution in [-0.4, -0.2) is 29.7 Å². The van der Waals surface area contributed by atoms with E-state index in [1.807, 2.05) is 13.8 Å². The molecule has 0 atom stereocenters. The first-order valence-corrected chi connectivity index (χ1v) is 5.07. The van der Waals surface area contributed by atoms with E-state index in [-0.39, 0.29) is 18.3 Å². The number of carbonyl (C=O) groups is 2. The van der Waals surface area contributed by atoms with Crippen molar-refractivity contribution in [3.8, 4) is 0 Å². The van der Waals surface area contributed by atoms with Crippen LogP contribution < -0.4 is 5.32 Å². The number of alkyl halides is 3. The van der Waals surface area contributed by atoms with Crippen molar-refractivity contribution in [2.24, 2.45) is 10.8 Å². The molecule has 0 unspecified atom stereocenters. The highest BCUT2D eigenvalue weighted by Crippen LogP contribution is 2.53. The summed E-state index contributed by atoms with van der Waals surface area (Å²) in [6, 6.07) is 0. The van der Waals surface area contributed by atoms with Crippen LogP contribution in [0.5, 0.6) is 0 Å². The fourth-order valence-electron chi connectivity index (χ4n) is 2.48. The van der Waals surface area contributed by atoms with Gasteiger partial charge in [-0.3, -0.25) is 9.59 Å². The van der Waals surface area contributed by atoms with E-state index in [1.165, 1.54) is 0 Å². The molecule has 0 aromatic heterocycles. The van der Waals surface area contributed by atoms with E-state index >= 15 is 0 Å². The highest BCUT2D eigenvalue weighted by molar-refractivity contribution is 5.83. The predicted molar refractivity (Wildman–Crippen MR) is 52.1 cm³/mol. The lowest BCUT2D eigenvalue weighted by Crippen LogP contribution is -2.56. The number of nitrogens with one attached hydrogen (secondary N) is 1. The van der Waals surface area contributed by atoms with Crippen molar-refractivity contribution >= 4 is 11.9 Å². The van der Waals surface area contributed by atoms with Crippen LogP contribution in [0.15, 0.2) is 0 Å². The smallest absolute Gasteiger partial charge is 0.471 e. The van der Waals surface area contributed by atoms with Gasteiger partial charge >= 0.3 is 18.1 Å². The molecule has 1 fully saturated rings. The summed E-state index contributed by atoms with van der Waals surface area (Å²) in [5, 5.41) is 10.6. The number of amides is 1. The van der Waals surface area contributed by atoms with Gasteiger partial charge in [0.15, 0.2) is 0 Å². The number of halogens is 3. The topological polar surface area (TPSA) is 66.4 Å². The average molecular weight is 253 g/mol. The van der Waals surface area contributed by atoms with E-state index in [1.54, 1.807) is 5.32 Å². The van der Waals surface area contributed by atoms with E-state index in [9.17, 15) is 22.8 Å². The molecule has 0 bridgehead atoms. The maximum absolute atomic E-state index is 11.9. The predicted octanol–water partition coefficient (Wildman–Crippen LogP) is 1.56. The molecule has 0 aromatic rings. The first-order valence-electron chi connectivity index (χ1n) is 5.07. The average Bonchev–Trinajstić information content (AvgIpc) is 2.08. The van der Waals surface area contributed by atoms with Crippen LogP contribution in [0.2, 0.25) is 0 Å². The summed E-state index contributed by atoms with van der Waals surface area (Å²) in [6.07, 6.45) is -4.46. The van der Waals surface area contributed by atoms with E-state index in [0.717, 1.165) is 0 Å². The minimum atomic E-state index is -4.97. The van der Waals surface area contributed by atoms with E-state index < -0.39 is 30.0 Å². The Balaban J connectivity index is 2.61. The monoisotopic (exact) mass is 253 g/mol. The fourth-order valence-corrected chi connectivity index (χ4v) is 2.48. The Morgan fingerprint density at radius 3 is 2.06 bits per heavy atom. The van der Waals surface area contributed by atoms with E-state index in [4.69, 9.17) is 5.11 Å². The number of carboxylic acids is 1. The minimum absolute atomic E-state index is 0.207. The lowest BCUT2D eigenvalue weighted by molar-refractivity contribution is -0.177. The van der Waals surface area contributed by atoms with Gasteiger partial charge in [-0.1, -0.05) is 13.8 Å². The molecule has 0 radical (unpaired) electrons. The minimum Gasteiger partial charge on any atom is -0.481 e. The Hall–Kier alpha value is -1.27. The van der Waals surface area contributed by atoms with Crippen LogP contribution in [0.3, 0.4) is 0 Å². The standard InChI is InChI=1S/C10H14F3NO3/c1-8(2)3-9(4-8,7(16)17)5-14-6(15)10(11,12)13/h3-5H2,1-2H3,(H,14,15)(H,16,17). The number of carbonyl (C=O) groups excluding carboxylic acids is 1. The fraction of sp³-hybridized carbons (Fsp3) is 0.800. The van der Waals surface area contributed by atoms with Crippen LogP contribution in [0, 0.1) is 10.8 Å². The number of hydrogen-bond donors (Lipinski definition) is 2. The lowest BCUT2D eigenvalue weighted by Gasteiger charge is -2.50. The third-order valence-corrected chi connectivity index (χ3v) is 2.93. The summed E-state index contributed by atoms with van der Waals surface area (Å²) in [5.41, 5.74) is -1.47. The van der Waals surface area contributed by atoms with Crippen molar-refractivity contribution in [2.45, 2.75) is 32.9 Å². The molecule has 98 valence electrons. The number of carboxylic acid groups (broad SMARTS) is 1. The van der Waals surface area contributed by atoms with Crippen LogP contribution in [0.1, 0.15) is 26.7 Å². The molecule has 1 aliphatic rings. The normalized spacial score (nSPS) is 21.5.